The molecule has 27 heavy (non-hydrogen) atoms. The summed E-state index contributed by atoms with van der Waals surface area (Å²) in [6.45, 7) is 0. The zero-order valence-corrected chi connectivity index (χ0v) is 17.9. The second-order valence-corrected chi connectivity index (χ2v) is 9.19. The quantitative estimate of drug-likeness (QED) is 0.590. The number of anilines is 1. The monoisotopic (exact) mass is 490 g/mol. The van der Waals surface area contributed by atoms with Crippen molar-refractivity contribution in [3.05, 3.63) is 56.9 Å². The molecule has 5 nitrogen and oxygen atoms in total. The molecular weight excluding hydrogens is 472 g/mol. The van der Waals surface area contributed by atoms with Gasteiger partial charge in [-0.3, -0.25) is 4.90 Å². The number of carbonyl (C=O) groups excluding carboxylic acids is 1. The molecule has 1 unspecified atom stereocenters. The van der Waals surface area contributed by atoms with Crippen molar-refractivity contribution in [2.24, 2.45) is 0 Å². The van der Waals surface area contributed by atoms with Crippen molar-refractivity contribution in [1.82, 2.24) is 15.1 Å². The molecule has 4 aliphatic rings. The molecule has 3 aliphatic heterocycles. The fourth-order valence-corrected chi connectivity index (χ4v) is 5.09. The first-order valence-electron chi connectivity index (χ1n) is 9.36. The summed E-state index contributed by atoms with van der Waals surface area (Å²) in [5.41, 5.74) is 2.84. The standard InChI is InChI=1S/C20H20Br2N4O/c21-12-6-8-16-15(10-12)18-19(23-14-4-2-1-3-5-14)25-11-13(22)7-9-17(25)26(18)20(27)24-16/h6-11,14,17,23H,1-5H2,(H,24,27). The molecule has 2 amide bonds. The number of allylic oxidation sites excluding steroid dienone is 2. The molecule has 0 spiro atoms. The van der Waals surface area contributed by atoms with E-state index in [1.54, 1.807) is 0 Å². The SMILES string of the molecule is O=C1Nc2ccc(Br)cc2C2=C(NC3CCCCC3)N3C=C(Br)C=CC3N12. The minimum absolute atomic E-state index is 0.0914. The van der Waals surface area contributed by atoms with Crippen molar-refractivity contribution in [1.29, 1.82) is 0 Å². The smallest absolute Gasteiger partial charge is 0.328 e. The fraction of sp³-hybridized carbons (Fsp3) is 0.350. The molecular formula is C20H20Br2N4O. The number of hydrogen-bond acceptors (Lipinski definition) is 3. The predicted octanol–water partition coefficient (Wildman–Crippen LogP) is 5.29. The molecule has 0 aromatic heterocycles. The van der Waals surface area contributed by atoms with Gasteiger partial charge in [0.25, 0.3) is 0 Å². The zero-order valence-electron chi connectivity index (χ0n) is 14.7. The number of rotatable bonds is 2. The number of urea groups is 1. The van der Waals surface area contributed by atoms with E-state index in [4.69, 9.17) is 0 Å². The van der Waals surface area contributed by atoms with Crippen LogP contribution in [-0.2, 0) is 0 Å². The second kappa shape index (κ2) is 6.71. The van der Waals surface area contributed by atoms with Crippen LogP contribution in [0, 0.1) is 0 Å². The van der Waals surface area contributed by atoms with Crippen LogP contribution in [0.4, 0.5) is 10.5 Å². The van der Waals surface area contributed by atoms with E-state index in [1.165, 1.54) is 32.1 Å². The Hall–Kier alpha value is -1.73. The summed E-state index contributed by atoms with van der Waals surface area (Å²) in [6.07, 6.45) is 12.2. The largest absolute Gasteiger partial charge is 0.367 e. The summed E-state index contributed by atoms with van der Waals surface area (Å²) in [5, 5.41) is 6.83. The Morgan fingerprint density at radius 1 is 1.15 bits per heavy atom. The van der Waals surface area contributed by atoms with Crippen LogP contribution in [0.5, 0.6) is 0 Å². The van der Waals surface area contributed by atoms with Gasteiger partial charge in [0.05, 0.1) is 11.4 Å². The van der Waals surface area contributed by atoms with Crippen LogP contribution in [0.2, 0.25) is 0 Å². The summed E-state index contributed by atoms with van der Waals surface area (Å²) in [7, 11) is 0. The van der Waals surface area contributed by atoms with Gasteiger partial charge in [0.2, 0.25) is 0 Å². The molecule has 1 saturated carbocycles. The highest BCUT2D eigenvalue weighted by atomic mass is 79.9. The molecule has 0 saturated heterocycles. The lowest BCUT2D eigenvalue weighted by atomic mass is 9.95. The van der Waals surface area contributed by atoms with E-state index in [1.807, 2.05) is 23.1 Å². The number of carbonyl (C=O) groups is 1. The highest BCUT2D eigenvalue weighted by Crippen LogP contribution is 2.44. The third-order valence-corrected chi connectivity index (χ3v) is 6.57. The summed E-state index contributed by atoms with van der Waals surface area (Å²) < 4.78 is 2.00. The number of halogens is 2. The number of fused-ring (bicyclic) bond motifs is 5. The van der Waals surface area contributed by atoms with Crippen LogP contribution < -0.4 is 10.6 Å². The van der Waals surface area contributed by atoms with E-state index in [0.29, 0.717) is 6.04 Å². The Bertz CT molecular complexity index is 901. The van der Waals surface area contributed by atoms with Gasteiger partial charge in [-0.2, -0.15) is 0 Å². The van der Waals surface area contributed by atoms with Gasteiger partial charge in [0.15, 0.2) is 0 Å². The number of nitrogens with zero attached hydrogens (tertiary/aromatic N) is 2. The molecule has 3 heterocycles. The molecule has 5 rings (SSSR count). The van der Waals surface area contributed by atoms with Gasteiger partial charge in [0.1, 0.15) is 12.0 Å². The summed E-state index contributed by atoms with van der Waals surface area (Å²) in [4.78, 5) is 17.0. The van der Waals surface area contributed by atoms with Crippen LogP contribution >= 0.6 is 31.9 Å². The van der Waals surface area contributed by atoms with E-state index >= 15 is 0 Å². The molecule has 1 fully saturated rings. The number of benzene rings is 1. The van der Waals surface area contributed by atoms with Gasteiger partial charge in [0, 0.05) is 26.8 Å². The van der Waals surface area contributed by atoms with Crippen LogP contribution in [0.3, 0.4) is 0 Å². The van der Waals surface area contributed by atoms with E-state index < -0.39 is 0 Å². The number of amides is 2. The lowest BCUT2D eigenvalue weighted by Gasteiger charge is -2.34. The minimum Gasteiger partial charge on any atom is -0.367 e. The molecule has 1 aromatic carbocycles. The molecule has 140 valence electrons. The lowest BCUT2D eigenvalue weighted by Crippen LogP contribution is -2.45. The Balaban J connectivity index is 1.66. The van der Waals surface area contributed by atoms with Crippen molar-refractivity contribution < 1.29 is 4.79 Å². The third-order valence-electron chi connectivity index (χ3n) is 5.61. The van der Waals surface area contributed by atoms with Crippen LogP contribution in [0.15, 0.2) is 51.3 Å². The van der Waals surface area contributed by atoms with Gasteiger partial charge >= 0.3 is 6.03 Å². The average Bonchev–Trinajstić information content (AvgIpc) is 2.98. The highest BCUT2D eigenvalue weighted by molar-refractivity contribution is 9.12. The Kier molecular flexibility index (Phi) is 4.31. The zero-order chi connectivity index (χ0) is 18.5. The molecule has 1 atom stereocenters. The highest BCUT2D eigenvalue weighted by Gasteiger charge is 2.45. The summed E-state index contributed by atoms with van der Waals surface area (Å²) in [5.74, 6) is 1.02. The topological polar surface area (TPSA) is 47.6 Å². The van der Waals surface area contributed by atoms with E-state index in [2.05, 4.69) is 65.7 Å². The molecule has 0 bridgehead atoms. The Morgan fingerprint density at radius 2 is 1.96 bits per heavy atom. The Labute approximate surface area is 175 Å². The van der Waals surface area contributed by atoms with Crippen LogP contribution in [0.1, 0.15) is 37.7 Å². The summed E-state index contributed by atoms with van der Waals surface area (Å²) >= 11 is 7.18. The van der Waals surface area contributed by atoms with Crippen molar-refractivity contribution in [3.8, 4) is 0 Å². The second-order valence-electron chi connectivity index (χ2n) is 7.36. The first kappa shape index (κ1) is 17.4. The van der Waals surface area contributed by atoms with Gasteiger partial charge < -0.3 is 15.5 Å². The molecule has 0 radical (unpaired) electrons. The summed E-state index contributed by atoms with van der Waals surface area (Å²) in [6, 6.07) is 6.36. The molecule has 2 N–H and O–H groups in total. The van der Waals surface area contributed by atoms with Gasteiger partial charge in [-0.05, 0) is 59.1 Å². The molecule has 7 heteroatoms. The number of hydrogen-bond donors (Lipinski definition) is 2. The normalized spacial score (nSPS) is 24.3. The molecule has 1 aliphatic carbocycles. The minimum atomic E-state index is -0.153. The maximum absolute atomic E-state index is 12.9. The van der Waals surface area contributed by atoms with E-state index in [-0.39, 0.29) is 12.2 Å². The van der Waals surface area contributed by atoms with Crippen molar-refractivity contribution in [3.63, 3.8) is 0 Å². The Morgan fingerprint density at radius 3 is 2.78 bits per heavy atom. The van der Waals surface area contributed by atoms with E-state index in [0.717, 1.165) is 31.7 Å². The number of nitrogens with one attached hydrogen (secondary N) is 2. The maximum Gasteiger partial charge on any atom is 0.328 e. The average molecular weight is 492 g/mol. The van der Waals surface area contributed by atoms with Crippen molar-refractivity contribution >= 4 is 49.3 Å². The van der Waals surface area contributed by atoms with Crippen LogP contribution in [-0.4, -0.2) is 28.0 Å². The van der Waals surface area contributed by atoms with Crippen molar-refractivity contribution in [2.45, 2.75) is 44.3 Å². The van der Waals surface area contributed by atoms with Crippen molar-refractivity contribution in [2.75, 3.05) is 5.32 Å². The van der Waals surface area contributed by atoms with Gasteiger partial charge in [-0.15, -0.1) is 0 Å². The third kappa shape index (κ3) is 2.91. The first-order valence-corrected chi connectivity index (χ1v) is 11.0. The first-order chi connectivity index (χ1) is 13.1. The lowest BCUT2D eigenvalue weighted by molar-refractivity contribution is 0.202. The fourth-order valence-electron chi connectivity index (χ4n) is 4.36. The van der Waals surface area contributed by atoms with Gasteiger partial charge in [-0.25, -0.2) is 4.79 Å². The maximum atomic E-state index is 12.9. The van der Waals surface area contributed by atoms with Gasteiger partial charge in [-0.1, -0.05) is 35.2 Å². The predicted molar refractivity (Wildman–Crippen MR) is 114 cm³/mol. The molecule has 1 aromatic rings. The van der Waals surface area contributed by atoms with E-state index in [9.17, 15) is 4.79 Å². The van der Waals surface area contributed by atoms with Crippen LogP contribution in [0.25, 0.3) is 5.70 Å².